The molecule has 1 aliphatic heterocycles. The minimum Gasteiger partial charge on any atom is -0.490 e. The highest BCUT2D eigenvalue weighted by Gasteiger charge is 2.32. The molecule has 0 radical (unpaired) electrons. The number of nitro groups is 1. The van der Waals surface area contributed by atoms with E-state index >= 15 is 0 Å². The van der Waals surface area contributed by atoms with Gasteiger partial charge in [-0.3, -0.25) is 14.9 Å². The Kier molecular flexibility index (Phi) is 9.11. The Morgan fingerprint density at radius 2 is 2.00 bits per heavy atom. The van der Waals surface area contributed by atoms with Gasteiger partial charge in [-0.05, 0) is 44.3 Å². The molecule has 2 aromatic rings. The predicted molar refractivity (Wildman–Crippen MR) is 138 cm³/mol. The first kappa shape index (κ1) is 27.1. The van der Waals surface area contributed by atoms with E-state index in [1.807, 2.05) is 0 Å². The monoisotopic (exact) mass is 527 g/mol. The molecule has 1 amide bonds. The number of hydrogen-bond acceptors (Lipinski definition) is 9. The van der Waals surface area contributed by atoms with E-state index in [1.54, 1.807) is 44.2 Å². The lowest BCUT2D eigenvalue weighted by Crippen LogP contribution is -2.45. The maximum absolute atomic E-state index is 12.6. The molecule has 0 spiro atoms. The van der Waals surface area contributed by atoms with E-state index in [4.69, 9.17) is 26.4 Å². The zero-order valence-electron chi connectivity index (χ0n) is 20.3. The lowest BCUT2D eigenvalue weighted by Gasteiger charge is -2.30. The van der Waals surface area contributed by atoms with Crippen molar-refractivity contribution in [2.75, 3.05) is 20.3 Å². The summed E-state index contributed by atoms with van der Waals surface area (Å²) in [5, 5.41) is 21.3. The molecule has 12 nitrogen and oxygen atoms in total. The Labute approximate surface area is 217 Å². The Morgan fingerprint density at radius 1 is 1.24 bits per heavy atom. The van der Waals surface area contributed by atoms with Gasteiger partial charge in [-0.25, -0.2) is 10.2 Å². The van der Waals surface area contributed by atoms with E-state index in [-0.39, 0.29) is 24.7 Å². The van der Waals surface area contributed by atoms with Crippen LogP contribution >= 0.6 is 12.2 Å². The highest BCUT2D eigenvalue weighted by atomic mass is 32.1. The molecular weight excluding hydrogens is 502 g/mol. The van der Waals surface area contributed by atoms with Crippen molar-refractivity contribution in [2.45, 2.75) is 19.9 Å². The van der Waals surface area contributed by atoms with Crippen LogP contribution in [0.1, 0.15) is 31.0 Å². The van der Waals surface area contributed by atoms with Gasteiger partial charge >= 0.3 is 11.7 Å². The number of carbonyl (C=O) groups excluding carboxylic acids is 2. The van der Waals surface area contributed by atoms with Gasteiger partial charge in [0.05, 0.1) is 36.5 Å². The SMILES string of the molecule is CCOC(=O)C1=C(C)NC(=S)N[C@@H]1c1ccccc1OCC(=O)NN=Cc1ccc(OC)c([N+](=O)[O-])c1. The van der Waals surface area contributed by atoms with E-state index in [0.29, 0.717) is 33.3 Å². The van der Waals surface area contributed by atoms with Gasteiger partial charge in [-0.1, -0.05) is 18.2 Å². The first-order chi connectivity index (χ1) is 17.7. The van der Waals surface area contributed by atoms with Gasteiger partial charge in [0.15, 0.2) is 17.5 Å². The number of methoxy groups -OCH3 is 1. The van der Waals surface area contributed by atoms with Crippen LogP contribution in [0, 0.1) is 10.1 Å². The molecule has 0 fully saturated rings. The summed E-state index contributed by atoms with van der Waals surface area (Å²) < 4.78 is 15.9. The second kappa shape index (κ2) is 12.4. The van der Waals surface area contributed by atoms with Crippen molar-refractivity contribution in [3.05, 3.63) is 75.0 Å². The summed E-state index contributed by atoms with van der Waals surface area (Å²) in [5.41, 5.74) is 3.94. The normalized spacial score (nSPS) is 15.0. The Hall–Kier alpha value is -4.52. The molecule has 1 atom stereocenters. The summed E-state index contributed by atoms with van der Waals surface area (Å²) in [7, 11) is 1.33. The van der Waals surface area contributed by atoms with Crippen LogP contribution in [0.25, 0.3) is 0 Å². The number of para-hydroxylation sites is 1. The number of rotatable bonds is 10. The first-order valence-electron chi connectivity index (χ1n) is 11.1. The third-order valence-electron chi connectivity index (χ3n) is 5.16. The summed E-state index contributed by atoms with van der Waals surface area (Å²) >= 11 is 5.26. The van der Waals surface area contributed by atoms with Crippen molar-refractivity contribution in [3.8, 4) is 11.5 Å². The lowest BCUT2D eigenvalue weighted by molar-refractivity contribution is -0.385. The number of hydrazone groups is 1. The van der Waals surface area contributed by atoms with Crippen LogP contribution in [0.5, 0.6) is 11.5 Å². The topological polar surface area (TPSA) is 153 Å². The fraction of sp³-hybridized carbons (Fsp3) is 0.250. The minimum absolute atomic E-state index is 0.110. The average Bonchev–Trinajstić information content (AvgIpc) is 2.87. The number of nitro benzene ring substituents is 1. The van der Waals surface area contributed by atoms with Crippen molar-refractivity contribution in [1.82, 2.24) is 16.1 Å². The molecule has 0 saturated carbocycles. The number of esters is 1. The molecule has 13 heteroatoms. The number of ether oxygens (including phenoxy) is 3. The van der Waals surface area contributed by atoms with Crippen LogP contribution in [0.15, 0.2) is 58.8 Å². The quantitative estimate of drug-likeness (QED) is 0.138. The van der Waals surface area contributed by atoms with Crippen molar-refractivity contribution in [3.63, 3.8) is 0 Å². The maximum Gasteiger partial charge on any atom is 0.338 e. The predicted octanol–water partition coefficient (Wildman–Crippen LogP) is 2.49. The molecule has 0 aliphatic carbocycles. The number of thiocarbonyl (C=S) groups is 1. The Morgan fingerprint density at radius 3 is 2.70 bits per heavy atom. The van der Waals surface area contributed by atoms with Crippen molar-refractivity contribution < 1.29 is 28.7 Å². The van der Waals surface area contributed by atoms with Gasteiger partial charge < -0.3 is 24.8 Å². The van der Waals surface area contributed by atoms with Crippen LogP contribution in [-0.4, -0.2) is 48.5 Å². The fourth-order valence-electron chi connectivity index (χ4n) is 3.54. The third kappa shape index (κ3) is 6.79. The fourth-order valence-corrected chi connectivity index (χ4v) is 3.81. The van der Waals surface area contributed by atoms with Crippen molar-refractivity contribution >= 4 is 41.1 Å². The number of allylic oxidation sites excluding steroid dienone is 1. The summed E-state index contributed by atoms with van der Waals surface area (Å²) in [6.45, 7) is 3.25. The second-order valence-electron chi connectivity index (χ2n) is 7.60. The standard InChI is InChI=1S/C24H25N5O7S/c1-4-35-23(31)21-14(2)26-24(37)27-22(21)16-7-5-6-8-18(16)36-13-20(30)28-25-12-15-9-10-19(34-3)17(11-15)29(32)33/h5-12,22H,4,13H2,1-3H3,(H,28,30)(H2,26,27,37)/t22-/m1/s1. The van der Waals surface area contributed by atoms with E-state index in [2.05, 4.69) is 21.2 Å². The van der Waals surface area contributed by atoms with Crippen LogP contribution in [0.2, 0.25) is 0 Å². The van der Waals surface area contributed by atoms with Crippen LogP contribution in [0.3, 0.4) is 0 Å². The maximum atomic E-state index is 12.6. The smallest absolute Gasteiger partial charge is 0.338 e. The highest BCUT2D eigenvalue weighted by Crippen LogP contribution is 2.33. The molecule has 3 N–H and O–H groups in total. The molecule has 194 valence electrons. The average molecular weight is 528 g/mol. The highest BCUT2D eigenvalue weighted by molar-refractivity contribution is 7.80. The summed E-state index contributed by atoms with van der Waals surface area (Å²) in [6, 6.07) is 10.5. The third-order valence-corrected chi connectivity index (χ3v) is 5.38. The summed E-state index contributed by atoms with van der Waals surface area (Å²) in [6.07, 6.45) is 1.26. The molecule has 2 aromatic carbocycles. The van der Waals surface area contributed by atoms with Crippen LogP contribution in [0.4, 0.5) is 5.69 Å². The van der Waals surface area contributed by atoms with Gasteiger partial charge in [0.25, 0.3) is 5.91 Å². The molecule has 1 heterocycles. The summed E-state index contributed by atoms with van der Waals surface area (Å²) in [5.74, 6) is -0.615. The second-order valence-corrected chi connectivity index (χ2v) is 8.01. The first-order valence-corrected chi connectivity index (χ1v) is 11.5. The molecule has 3 rings (SSSR count). The molecule has 1 aliphatic rings. The number of carbonyl (C=O) groups is 2. The number of nitrogens with zero attached hydrogens (tertiary/aromatic N) is 2. The van der Waals surface area contributed by atoms with Crippen LogP contribution in [-0.2, 0) is 14.3 Å². The van der Waals surface area contributed by atoms with Gasteiger partial charge in [-0.15, -0.1) is 0 Å². The lowest BCUT2D eigenvalue weighted by atomic mass is 9.95. The zero-order chi connectivity index (χ0) is 26.9. The minimum atomic E-state index is -0.657. The van der Waals surface area contributed by atoms with Crippen LogP contribution < -0.4 is 25.5 Å². The number of hydrogen-bond donors (Lipinski definition) is 3. The Balaban J connectivity index is 1.70. The molecular formula is C24H25N5O7S. The largest absolute Gasteiger partial charge is 0.490 e. The summed E-state index contributed by atoms with van der Waals surface area (Å²) in [4.78, 5) is 35.5. The molecule has 0 unspecified atom stereocenters. The van der Waals surface area contributed by atoms with E-state index in [0.717, 1.165) is 0 Å². The number of nitrogens with one attached hydrogen (secondary N) is 3. The van der Waals surface area contributed by atoms with Gasteiger partial charge in [-0.2, -0.15) is 5.10 Å². The van der Waals surface area contributed by atoms with Crippen molar-refractivity contribution in [1.29, 1.82) is 0 Å². The van der Waals surface area contributed by atoms with Crippen molar-refractivity contribution in [2.24, 2.45) is 5.10 Å². The number of amides is 1. The van der Waals surface area contributed by atoms with E-state index in [9.17, 15) is 19.7 Å². The Bertz CT molecular complexity index is 1280. The van der Waals surface area contributed by atoms with Gasteiger partial charge in [0.2, 0.25) is 0 Å². The number of benzene rings is 2. The molecule has 0 bridgehead atoms. The zero-order valence-corrected chi connectivity index (χ0v) is 21.1. The molecule has 0 saturated heterocycles. The van der Waals surface area contributed by atoms with Gasteiger partial charge in [0.1, 0.15) is 5.75 Å². The van der Waals surface area contributed by atoms with Gasteiger partial charge in [0, 0.05) is 22.9 Å². The van der Waals surface area contributed by atoms with E-state index < -0.39 is 22.8 Å². The molecule has 37 heavy (non-hydrogen) atoms. The van der Waals surface area contributed by atoms with E-state index in [1.165, 1.54) is 25.5 Å². The molecule has 0 aromatic heterocycles.